The monoisotopic (exact) mass is 270 g/mol. The standard InChI is InChI=1S/C14H14N4S/c1-9-17-12(8-19-9)7-16-14-5-2-10-6-11(15)3-4-13(10)18-14/h2-6,8H,7,15H2,1H3,(H,16,18). The van der Waals surface area contributed by atoms with Gasteiger partial charge in [0.15, 0.2) is 0 Å². The van der Waals surface area contributed by atoms with Gasteiger partial charge in [-0.2, -0.15) is 0 Å². The van der Waals surface area contributed by atoms with Crippen molar-refractivity contribution in [3.05, 3.63) is 46.4 Å². The number of nitrogen functional groups attached to an aromatic ring is 1. The van der Waals surface area contributed by atoms with Crippen molar-refractivity contribution in [3.8, 4) is 0 Å². The number of nitrogens with one attached hydrogen (secondary N) is 1. The quantitative estimate of drug-likeness (QED) is 0.717. The normalized spacial score (nSPS) is 10.8. The molecule has 0 aliphatic rings. The van der Waals surface area contributed by atoms with Crippen LogP contribution in [0, 0.1) is 6.92 Å². The number of aromatic nitrogens is 2. The predicted octanol–water partition coefficient (Wildman–Crippen LogP) is 3.19. The van der Waals surface area contributed by atoms with Gasteiger partial charge >= 0.3 is 0 Å². The van der Waals surface area contributed by atoms with Crippen molar-refractivity contribution in [1.82, 2.24) is 9.97 Å². The van der Waals surface area contributed by atoms with E-state index in [4.69, 9.17) is 5.73 Å². The Labute approximate surface area is 115 Å². The van der Waals surface area contributed by atoms with Crippen molar-refractivity contribution >= 4 is 33.7 Å². The van der Waals surface area contributed by atoms with Crippen LogP contribution in [0.1, 0.15) is 10.7 Å². The zero-order valence-electron chi connectivity index (χ0n) is 10.6. The second kappa shape index (κ2) is 4.85. The van der Waals surface area contributed by atoms with Crippen molar-refractivity contribution in [2.75, 3.05) is 11.1 Å². The Morgan fingerprint density at radius 3 is 2.89 bits per heavy atom. The first-order valence-electron chi connectivity index (χ1n) is 6.02. The van der Waals surface area contributed by atoms with Crippen LogP contribution in [0.4, 0.5) is 11.5 Å². The Bertz CT molecular complexity index is 720. The molecule has 0 aliphatic heterocycles. The van der Waals surface area contributed by atoms with E-state index in [9.17, 15) is 0 Å². The average Bonchev–Trinajstić information content (AvgIpc) is 2.82. The summed E-state index contributed by atoms with van der Waals surface area (Å²) >= 11 is 1.66. The first kappa shape index (κ1) is 11.9. The summed E-state index contributed by atoms with van der Waals surface area (Å²) in [5.74, 6) is 0.850. The maximum atomic E-state index is 5.75. The van der Waals surface area contributed by atoms with E-state index in [1.165, 1.54) is 0 Å². The number of fused-ring (bicyclic) bond motifs is 1. The van der Waals surface area contributed by atoms with Crippen LogP contribution in [0.15, 0.2) is 35.7 Å². The van der Waals surface area contributed by atoms with Gasteiger partial charge < -0.3 is 11.1 Å². The number of anilines is 2. The van der Waals surface area contributed by atoms with E-state index in [1.807, 2.05) is 37.3 Å². The molecule has 5 heteroatoms. The Hall–Kier alpha value is -2.14. The fourth-order valence-electron chi connectivity index (χ4n) is 1.91. The lowest BCUT2D eigenvalue weighted by molar-refractivity contribution is 1.04. The topological polar surface area (TPSA) is 63.8 Å². The second-order valence-corrected chi connectivity index (χ2v) is 5.42. The molecular formula is C14H14N4S. The highest BCUT2D eigenvalue weighted by Gasteiger charge is 2.01. The molecule has 0 atom stereocenters. The number of nitrogens with zero attached hydrogens (tertiary/aromatic N) is 2. The van der Waals surface area contributed by atoms with Gasteiger partial charge in [0.05, 0.1) is 22.8 Å². The third-order valence-electron chi connectivity index (χ3n) is 2.83. The lowest BCUT2D eigenvalue weighted by atomic mass is 10.2. The van der Waals surface area contributed by atoms with Gasteiger partial charge in [0.1, 0.15) is 5.82 Å². The number of nitrogens with two attached hydrogens (primary N) is 1. The predicted molar refractivity (Wildman–Crippen MR) is 80.3 cm³/mol. The summed E-state index contributed by atoms with van der Waals surface area (Å²) in [6, 6.07) is 9.70. The molecule has 2 heterocycles. The van der Waals surface area contributed by atoms with E-state index in [1.54, 1.807) is 11.3 Å². The van der Waals surface area contributed by atoms with E-state index in [2.05, 4.69) is 20.7 Å². The van der Waals surface area contributed by atoms with Crippen molar-refractivity contribution in [2.24, 2.45) is 0 Å². The van der Waals surface area contributed by atoms with Crippen molar-refractivity contribution in [1.29, 1.82) is 0 Å². The smallest absolute Gasteiger partial charge is 0.126 e. The highest BCUT2D eigenvalue weighted by molar-refractivity contribution is 7.09. The van der Waals surface area contributed by atoms with Gasteiger partial charge in [-0.15, -0.1) is 11.3 Å². The molecule has 3 N–H and O–H groups in total. The summed E-state index contributed by atoms with van der Waals surface area (Å²) in [5, 5.41) is 7.48. The number of hydrogen-bond donors (Lipinski definition) is 2. The van der Waals surface area contributed by atoms with Crippen molar-refractivity contribution < 1.29 is 0 Å². The van der Waals surface area contributed by atoms with Gasteiger partial charge in [0.2, 0.25) is 0 Å². The van der Waals surface area contributed by atoms with Crippen LogP contribution in [-0.2, 0) is 6.54 Å². The number of benzene rings is 1. The minimum absolute atomic E-state index is 0.692. The van der Waals surface area contributed by atoms with Gasteiger partial charge in [-0.3, -0.25) is 0 Å². The maximum Gasteiger partial charge on any atom is 0.126 e. The van der Waals surface area contributed by atoms with Gasteiger partial charge in [0, 0.05) is 16.5 Å². The Kier molecular flexibility index (Phi) is 3.05. The molecule has 3 rings (SSSR count). The van der Waals surface area contributed by atoms with E-state index in [-0.39, 0.29) is 0 Å². The molecule has 19 heavy (non-hydrogen) atoms. The molecule has 4 nitrogen and oxygen atoms in total. The van der Waals surface area contributed by atoms with E-state index >= 15 is 0 Å². The molecule has 0 radical (unpaired) electrons. The number of aryl methyl sites for hydroxylation is 1. The molecule has 0 spiro atoms. The minimum atomic E-state index is 0.692. The molecule has 3 aromatic rings. The zero-order valence-corrected chi connectivity index (χ0v) is 11.4. The third kappa shape index (κ3) is 2.66. The Balaban J connectivity index is 1.79. The molecule has 2 aromatic heterocycles. The molecule has 96 valence electrons. The van der Waals surface area contributed by atoms with Gasteiger partial charge in [-0.05, 0) is 37.3 Å². The van der Waals surface area contributed by atoms with E-state index < -0.39 is 0 Å². The van der Waals surface area contributed by atoms with Crippen LogP contribution in [0.5, 0.6) is 0 Å². The molecular weight excluding hydrogens is 256 g/mol. The molecule has 1 aromatic carbocycles. The summed E-state index contributed by atoms with van der Waals surface area (Å²) in [7, 11) is 0. The third-order valence-corrected chi connectivity index (χ3v) is 3.65. The van der Waals surface area contributed by atoms with Gasteiger partial charge in [-0.1, -0.05) is 0 Å². The SMILES string of the molecule is Cc1nc(CNc2ccc3cc(N)ccc3n2)cs1. The fraction of sp³-hybridized carbons (Fsp3) is 0.143. The molecule has 0 amide bonds. The van der Waals surface area contributed by atoms with Crippen LogP contribution in [0.2, 0.25) is 0 Å². The first-order valence-corrected chi connectivity index (χ1v) is 6.90. The summed E-state index contributed by atoms with van der Waals surface area (Å²) in [6.07, 6.45) is 0. The van der Waals surface area contributed by atoms with Gasteiger partial charge in [0.25, 0.3) is 0 Å². The summed E-state index contributed by atoms with van der Waals surface area (Å²) in [6.45, 7) is 2.70. The number of pyridine rings is 1. The zero-order chi connectivity index (χ0) is 13.2. The number of hydrogen-bond acceptors (Lipinski definition) is 5. The number of thiazole rings is 1. The Morgan fingerprint density at radius 2 is 2.11 bits per heavy atom. The van der Waals surface area contributed by atoms with Crippen molar-refractivity contribution in [3.63, 3.8) is 0 Å². The first-order chi connectivity index (χ1) is 9.20. The van der Waals surface area contributed by atoms with E-state index in [0.29, 0.717) is 6.54 Å². The highest BCUT2D eigenvalue weighted by atomic mass is 32.1. The van der Waals surface area contributed by atoms with Crippen LogP contribution < -0.4 is 11.1 Å². The molecule has 0 aliphatic carbocycles. The molecule has 0 saturated carbocycles. The lowest BCUT2D eigenvalue weighted by Crippen LogP contribution is -2.01. The summed E-state index contributed by atoms with van der Waals surface area (Å²) < 4.78 is 0. The van der Waals surface area contributed by atoms with Gasteiger partial charge in [-0.25, -0.2) is 9.97 Å². The number of rotatable bonds is 3. The van der Waals surface area contributed by atoms with Crippen LogP contribution >= 0.6 is 11.3 Å². The second-order valence-electron chi connectivity index (χ2n) is 4.36. The average molecular weight is 270 g/mol. The van der Waals surface area contributed by atoms with Crippen molar-refractivity contribution in [2.45, 2.75) is 13.5 Å². The van der Waals surface area contributed by atoms with Crippen LogP contribution in [-0.4, -0.2) is 9.97 Å². The Morgan fingerprint density at radius 1 is 1.21 bits per heavy atom. The van der Waals surface area contributed by atoms with Crippen LogP contribution in [0.3, 0.4) is 0 Å². The fourth-order valence-corrected chi connectivity index (χ4v) is 2.53. The summed E-state index contributed by atoms with van der Waals surface area (Å²) in [4.78, 5) is 8.96. The maximum absolute atomic E-state index is 5.75. The van der Waals surface area contributed by atoms with E-state index in [0.717, 1.165) is 33.1 Å². The largest absolute Gasteiger partial charge is 0.399 e. The molecule has 0 fully saturated rings. The van der Waals surface area contributed by atoms with Crippen LogP contribution in [0.25, 0.3) is 10.9 Å². The molecule has 0 bridgehead atoms. The molecule has 0 saturated heterocycles. The highest BCUT2D eigenvalue weighted by Crippen LogP contribution is 2.18. The lowest BCUT2D eigenvalue weighted by Gasteiger charge is -2.05. The minimum Gasteiger partial charge on any atom is -0.399 e. The summed E-state index contributed by atoms with van der Waals surface area (Å²) in [5.41, 5.74) is 8.49. The molecule has 0 unspecified atom stereocenters.